The topological polar surface area (TPSA) is 89.5 Å². The number of pyridine rings is 2. The summed E-state index contributed by atoms with van der Waals surface area (Å²) in [6.07, 6.45) is 5.72. The molecule has 7 heteroatoms. The van der Waals surface area contributed by atoms with E-state index in [1.54, 1.807) is 16.8 Å². The number of ether oxygens (including phenoxy) is 1. The van der Waals surface area contributed by atoms with E-state index < -0.39 is 5.97 Å². The molecule has 0 bridgehead atoms. The Morgan fingerprint density at radius 2 is 2.04 bits per heavy atom. The van der Waals surface area contributed by atoms with Gasteiger partial charge in [0.2, 0.25) is 0 Å². The molecule has 3 heterocycles. The summed E-state index contributed by atoms with van der Waals surface area (Å²) in [5.41, 5.74) is 1.71. The Kier molecular flexibility index (Phi) is 5.39. The van der Waals surface area contributed by atoms with Gasteiger partial charge in [-0.05, 0) is 31.0 Å². The molecule has 0 radical (unpaired) electrons. The SMILES string of the molecule is CCCCCCn1c(=N)c(C(=O)OC)cc2c(=O)n3cccc(C)c3nc21. The average molecular weight is 368 g/mol. The maximum atomic E-state index is 13.0. The van der Waals surface area contributed by atoms with Crippen molar-refractivity contribution in [1.29, 1.82) is 5.41 Å². The third kappa shape index (κ3) is 3.37. The second kappa shape index (κ2) is 7.73. The van der Waals surface area contributed by atoms with Crippen LogP contribution in [0.25, 0.3) is 16.7 Å². The number of fused-ring (bicyclic) bond motifs is 2. The van der Waals surface area contributed by atoms with Crippen molar-refractivity contribution in [3.05, 3.63) is 51.4 Å². The van der Waals surface area contributed by atoms with E-state index in [2.05, 4.69) is 11.9 Å². The van der Waals surface area contributed by atoms with E-state index in [0.717, 1.165) is 31.2 Å². The van der Waals surface area contributed by atoms with Gasteiger partial charge in [-0.15, -0.1) is 0 Å². The van der Waals surface area contributed by atoms with Crippen molar-refractivity contribution in [3.63, 3.8) is 0 Å². The molecule has 0 fully saturated rings. The highest BCUT2D eigenvalue weighted by Crippen LogP contribution is 2.14. The molecule has 1 N–H and O–H groups in total. The lowest BCUT2D eigenvalue weighted by molar-refractivity contribution is 0.0597. The van der Waals surface area contributed by atoms with Crippen LogP contribution in [0.1, 0.15) is 48.5 Å². The lowest BCUT2D eigenvalue weighted by Gasteiger charge is -2.14. The molecule has 0 atom stereocenters. The summed E-state index contributed by atoms with van der Waals surface area (Å²) in [6.45, 7) is 4.55. The van der Waals surface area contributed by atoms with Gasteiger partial charge in [-0.25, -0.2) is 9.78 Å². The maximum absolute atomic E-state index is 13.0. The number of nitrogens with one attached hydrogen (secondary N) is 1. The molecule has 0 amide bonds. The van der Waals surface area contributed by atoms with Crippen LogP contribution in [0, 0.1) is 12.3 Å². The molecule has 0 aromatic carbocycles. The van der Waals surface area contributed by atoms with Gasteiger partial charge in [0, 0.05) is 12.7 Å². The smallest absolute Gasteiger partial charge is 0.341 e. The number of aromatic nitrogens is 3. The number of methoxy groups -OCH3 is 1. The molecule has 0 saturated carbocycles. The Bertz CT molecular complexity index is 1130. The molecular formula is C20H24N4O3. The number of esters is 1. The van der Waals surface area contributed by atoms with Gasteiger partial charge in [0.1, 0.15) is 22.3 Å². The summed E-state index contributed by atoms with van der Waals surface area (Å²) in [5.74, 6) is -0.627. The van der Waals surface area contributed by atoms with Crippen LogP contribution in [-0.2, 0) is 11.3 Å². The molecule has 0 saturated heterocycles. The highest BCUT2D eigenvalue weighted by Gasteiger charge is 2.18. The number of hydrogen-bond donors (Lipinski definition) is 1. The van der Waals surface area contributed by atoms with E-state index in [1.165, 1.54) is 17.6 Å². The molecule has 3 aromatic heterocycles. The molecule has 0 spiro atoms. The quantitative estimate of drug-likeness (QED) is 0.412. The monoisotopic (exact) mass is 368 g/mol. The van der Waals surface area contributed by atoms with Gasteiger partial charge >= 0.3 is 5.97 Å². The lowest BCUT2D eigenvalue weighted by Crippen LogP contribution is -2.30. The summed E-state index contributed by atoms with van der Waals surface area (Å²) >= 11 is 0. The summed E-state index contributed by atoms with van der Waals surface area (Å²) in [4.78, 5) is 29.9. The second-order valence-electron chi connectivity index (χ2n) is 6.65. The van der Waals surface area contributed by atoms with E-state index >= 15 is 0 Å². The van der Waals surface area contributed by atoms with Crippen molar-refractivity contribution in [1.82, 2.24) is 14.0 Å². The fraction of sp³-hybridized carbons (Fsp3) is 0.400. The van der Waals surface area contributed by atoms with Crippen LogP contribution in [-0.4, -0.2) is 27.0 Å². The van der Waals surface area contributed by atoms with E-state index in [-0.39, 0.29) is 16.6 Å². The minimum atomic E-state index is -0.627. The van der Waals surface area contributed by atoms with Crippen molar-refractivity contribution in [2.75, 3.05) is 7.11 Å². The number of carbonyl (C=O) groups excluding carboxylic acids is 1. The van der Waals surface area contributed by atoms with E-state index in [1.807, 2.05) is 13.0 Å². The first-order valence-corrected chi connectivity index (χ1v) is 9.18. The molecular weight excluding hydrogens is 344 g/mol. The lowest BCUT2D eigenvalue weighted by atomic mass is 10.1. The number of rotatable bonds is 6. The fourth-order valence-corrected chi connectivity index (χ4v) is 3.28. The molecule has 3 rings (SSSR count). The van der Waals surface area contributed by atoms with Gasteiger partial charge in [0.15, 0.2) is 0 Å². The second-order valence-corrected chi connectivity index (χ2v) is 6.65. The zero-order valence-corrected chi connectivity index (χ0v) is 15.9. The van der Waals surface area contributed by atoms with Crippen LogP contribution >= 0.6 is 0 Å². The third-order valence-corrected chi connectivity index (χ3v) is 4.77. The highest BCUT2D eigenvalue weighted by atomic mass is 16.5. The van der Waals surface area contributed by atoms with Gasteiger partial charge in [-0.2, -0.15) is 0 Å². The minimum Gasteiger partial charge on any atom is -0.465 e. The van der Waals surface area contributed by atoms with Gasteiger partial charge in [0.25, 0.3) is 5.56 Å². The maximum Gasteiger partial charge on any atom is 0.341 e. The molecule has 3 aromatic rings. The Balaban J connectivity index is 2.33. The molecule has 7 nitrogen and oxygen atoms in total. The molecule has 0 aliphatic rings. The Morgan fingerprint density at radius 1 is 1.26 bits per heavy atom. The molecule has 0 unspecified atom stereocenters. The summed E-state index contributed by atoms with van der Waals surface area (Å²) < 4.78 is 7.94. The Labute approximate surface area is 156 Å². The third-order valence-electron chi connectivity index (χ3n) is 4.77. The van der Waals surface area contributed by atoms with E-state index in [4.69, 9.17) is 10.1 Å². The predicted octanol–water partition coefficient (Wildman–Crippen LogP) is 2.80. The van der Waals surface area contributed by atoms with Crippen LogP contribution in [0.15, 0.2) is 29.2 Å². The van der Waals surface area contributed by atoms with Crippen molar-refractivity contribution < 1.29 is 9.53 Å². The Morgan fingerprint density at radius 3 is 2.74 bits per heavy atom. The van der Waals surface area contributed by atoms with E-state index in [0.29, 0.717) is 23.2 Å². The van der Waals surface area contributed by atoms with Crippen LogP contribution in [0.2, 0.25) is 0 Å². The predicted molar refractivity (Wildman–Crippen MR) is 103 cm³/mol. The summed E-state index contributed by atoms with van der Waals surface area (Å²) in [7, 11) is 1.27. The molecule has 0 aliphatic carbocycles. The van der Waals surface area contributed by atoms with E-state index in [9.17, 15) is 9.59 Å². The van der Waals surface area contributed by atoms with Crippen molar-refractivity contribution in [2.45, 2.75) is 46.1 Å². The average Bonchev–Trinajstić information content (AvgIpc) is 2.67. The molecule has 142 valence electrons. The van der Waals surface area contributed by atoms with Crippen molar-refractivity contribution in [3.8, 4) is 0 Å². The highest BCUT2D eigenvalue weighted by molar-refractivity contribution is 5.93. The largest absolute Gasteiger partial charge is 0.465 e. The first-order valence-electron chi connectivity index (χ1n) is 9.18. The van der Waals surface area contributed by atoms with Crippen molar-refractivity contribution in [2.24, 2.45) is 0 Å². The number of aryl methyl sites for hydroxylation is 2. The van der Waals surface area contributed by atoms with Crippen LogP contribution < -0.4 is 11.0 Å². The minimum absolute atomic E-state index is 0.0238. The van der Waals surface area contributed by atoms with Gasteiger partial charge < -0.3 is 9.30 Å². The molecule has 0 aliphatic heterocycles. The fourth-order valence-electron chi connectivity index (χ4n) is 3.28. The van der Waals surface area contributed by atoms with Crippen LogP contribution in [0.5, 0.6) is 0 Å². The normalized spacial score (nSPS) is 11.2. The van der Waals surface area contributed by atoms with Crippen LogP contribution in [0.3, 0.4) is 0 Å². The first-order chi connectivity index (χ1) is 13.0. The van der Waals surface area contributed by atoms with Gasteiger partial charge in [-0.3, -0.25) is 14.6 Å². The van der Waals surface area contributed by atoms with Crippen LogP contribution in [0.4, 0.5) is 0 Å². The zero-order valence-electron chi connectivity index (χ0n) is 15.9. The number of nitrogens with zero attached hydrogens (tertiary/aromatic N) is 3. The zero-order chi connectivity index (χ0) is 19.6. The standard InChI is InChI=1S/C20H24N4O3/c1-4-5-6-7-10-23-16(21)14(20(26)27-3)12-15-18(23)22-17-13(2)9-8-11-24(17)19(15)25/h8-9,11-12,21H,4-7,10H2,1-3H3. The number of carbonyl (C=O) groups is 1. The molecule has 27 heavy (non-hydrogen) atoms. The number of unbranched alkanes of at least 4 members (excludes halogenated alkanes) is 3. The van der Waals surface area contributed by atoms with Gasteiger partial charge in [-0.1, -0.05) is 32.3 Å². The first kappa shape index (κ1) is 18.8. The summed E-state index contributed by atoms with van der Waals surface area (Å²) in [6, 6.07) is 5.11. The summed E-state index contributed by atoms with van der Waals surface area (Å²) in [5, 5.41) is 8.80. The van der Waals surface area contributed by atoms with Gasteiger partial charge in [0.05, 0.1) is 12.5 Å². The number of hydrogen-bond acceptors (Lipinski definition) is 5. The Hall–Kier alpha value is -2.96. The van der Waals surface area contributed by atoms with Crippen molar-refractivity contribution >= 4 is 22.6 Å².